The molecule has 1 aromatic rings. The summed E-state index contributed by atoms with van der Waals surface area (Å²) < 4.78 is 5.05. The number of methoxy groups -OCH3 is 1. The van der Waals surface area contributed by atoms with Crippen LogP contribution >= 0.6 is 0 Å². The van der Waals surface area contributed by atoms with E-state index in [9.17, 15) is 4.79 Å². The van der Waals surface area contributed by atoms with Crippen molar-refractivity contribution in [3.63, 3.8) is 0 Å². The van der Waals surface area contributed by atoms with Crippen molar-refractivity contribution < 1.29 is 9.53 Å². The second kappa shape index (κ2) is 4.93. The van der Waals surface area contributed by atoms with E-state index in [1.807, 2.05) is 12.3 Å². The Morgan fingerprint density at radius 2 is 2.32 bits per heavy atom. The Kier molecular flexibility index (Phi) is 3.27. The highest BCUT2D eigenvalue weighted by Crippen LogP contribution is 2.46. The van der Waals surface area contributed by atoms with Crippen LogP contribution in [0.3, 0.4) is 0 Å². The molecule has 2 aliphatic rings. The van der Waals surface area contributed by atoms with Gasteiger partial charge < -0.3 is 4.74 Å². The molecule has 0 saturated carbocycles. The summed E-state index contributed by atoms with van der Waals surface area (Å²) in [7, 11) is 3.63. The number of ether oxygens (including phenoxy) is 1. The van der Waals surface area contributed by atoms with Crippen molar-refractivity contribution in [1.82, 2.24) is 9.88 Å². The number of hydrogen-bond donors (Lipinski definition) is 0. The molecule has 0 radical (unpaired) electrons. The normalized spacial score (nSPS) is 34.2. The summed E-state index contributed by atoms with van der Waals surface area (Å²) in [6, 6.07) is 4.94. The third-order valence-corrected chi connectivity index (χ3v) is 4.85. The lowest BCUT2D eigenvalue weighted by molar-refractivity contribution is -0.150. The SMILES string of the molecule is COC(=O)[C@@H]1C2CC[C@H](C[C@@H]1c1cccnc1)N2C. The maximum Gasteiger partial charge on any atom is 0.310 e. The summed E-state index contributed by atoms with van der Waals surface area (Å²) in [6.07, 6.45) is 6.98. The average molecular weight is 260 g/mol. The van der Waals surface area contributed by atoms with Crippen LogP contribution in [-0.2, 0) is 9.53 Å². The number of carbonyl (C=O) groups excluding carboxylic acids is 1. The number of carbonyl (C=O) groups is 1. The number of hydrogen-bond acceptors (Lipinski definition) is 4. The minimum atomic E-state index is -0.0777. The van der Waals surface area contributed by atoms with Gasteiger partial charge in [-0.05, 0) is 37.9 Å². The number of rotatable bonds is 2. The van der Waals surface area contributed by atoms with E-state index < -0.39 is 0 Å². The predicted molar refractivity (Wildman–Crippen MR) is 71.7 cm³/mol. The molecular weight excluding hydrogens is 240 g/mol. The van der Waals surface area contributed by atoms with Gasteiger partial charge in [-0.15, -0.1) is 0 Å². The van der Waals surface area contributed by atoms with Crippen LogP contribution in [0.1, 0.15) is 30.7 Å². The van der Waals surface area contributed by atoms with Gasteiger partial charge in [0.15, 0.2) is 0 Å². The van der Waals surface area contributed by atoms with Crippen LogP contribution in [0.15, 0.2) is 24.5 Å². The van der Waals surface area contributed by atoms with E-state index in [2.05, 4.69) is 23.0 Å². The standard InChI is InChI=1S/C15H20N2O2/c1-17-11-5-6-13(17)14(15(18)19-2)12(8-11)10-4-3-7-16-9-10/h3-4,7,9,11-14H,5-6,8H2,1-2H3/t11-,12-,13?,14+/m1/s1. The molecule has 0 aromatic carbocycles. The van der Waals surface area contributed by atoms with Gasteiger partial charge in [-0.3, -0.25) is 14.7 Å². The first-order valence-electron chi connectivity index (χ1n) is 6.92. The van der Waals surface area contributed by atoms with Crippen LogP contribution in [0.4, 0.5) is 0 Å². The number of fused-ring (bicyclic) bond motifs is 2. The average Bonchev–Trinajstić information content (AvgIpc) is 2.70. The highest BCUT2D eigenvalue weighted by Gasteiger charge is 2.49. The van der Waals surface area contributed by atoms with Crippen molar-refractivity contribution >= 4 is 5.97 Å². The largest absolute Gasteiger partial charge is 0.469 e. The molecule has 102 valence electrons. The first kappa shape index (κ1) is 12.6. The van der Waals surface area contributed by atoms with Crippen molar-refractivity contribution in [3.05, 3.63) is 30.1 Å². The number of esters is 1. The molecule has 2 bridgehead atoms. The summed E-state index contributed by atoms with van der Waals surface area (Å²) in [5, 5.41) is 0. The Bertz CT molecular complexity index is 462. The fourth-order valence-corrected chi connectivity index (χ4v) is 3.86. The zero-order valence-corrected chi connectivity index (χ0v) is 11.5. The zero-order valence-electron chi connectivity index (χ0n) is 11.5. The molecular formula is C15H20N2O2. The van der Waals surface area contributed by atoms with E-state index in [-0.39, 0.29) is 17.8 Å². The van der Waals surface area contributed by atoms with E-state index in [1.165, 1.54) is 19.1 Å². The maximum atomic E-state index is 12.2. The Hall–Kier alpha value is -1.42. The van der Waals surface area contributed by atoms with Crippen molar-refractivity contribution in [2.24, 2.45) is 5.92 Å². The molecule has 0 aliphatic carbocycles. The third-order valence-electron chi connectivity index (χ3n) is 4.85. The first-order valence-corrected chi connectivity index (χ1v) is 6.92. The molecule has 2 saturated heterocycles. The molecule has 0 amide bonds. The van der Waals surface area contributed by atoms with E-state index in [0.717, 1.165) is 12.8 Å². The van der Waals surface area contributed by atoms with E-state index in [0.29, 0.717) is 12.1 Å². The topological polar surface area (TPSA) is 42.4 Å². The second-order valence-electron chi connectivity index (χ2n) is 5.64. The summed E-state index contributed by atoms with van der Waals surface area (Å²) >= 11 is 0. The lowest BCUT2D eigenvalue weighted by Gasteiger charge is -2.41. The van der Waals surface area contributed by atoms with Gasteiger partial charge >= 0.3 is 5.97 Å². The number of pyridine rings is 1. The molecule has 0 spiro atoms. The summed E-state index contributed by atoms with van der Waals surface area (Å²) in [5.74, 6) is 0.110. The summed E-state index contributed by atoms with van der Waals surface area (Å²) in [5.41, 5.74) is 1.17. The van der Waals surface area contributed by atoms with Gasteiger partial charge in [0, 0.05) is 30.4 Å². The fourth-order valence-electron chi connectivity index (χ4n) is 3.86. The number of piperidine rings is 1. The zero-order chi connectivity index (χ0) is 13.4. The monoisotopic (exact) mass is 260 g/mol. The van der Waals surface area contributed by atoms with Crippen LogP contribution in [0.2, 0.25) is 0 Å². The molecule has 4 heteroatoms. The molecule has 19 heavy (non-hydrogen) atoms. The number of aromatic nitrogens is 1. The van der Waals surface area contributed by atoms with Gasteiger partial charge in [0.05, 0.1) is 13.0 Å². The molecule has 2 aliphatic heterocycles. The molecule has 0 N–H and O–H groups in total. The van der Waals surface area contributed by atoms with Gasteiger partial charge in [0.2, 0.25) is 0 Å². The lowest BCUT2D eigenvalue weighted by atomic mass is 9.76. The quantitative estimate of drug-likeness (QED) is 0.761. The van der Waals surface area contributed by atoms with Crippen LogP contribution < -0.4 is 0 Å². The Morgan fingerprint density at radius 3 is 3.00 bits per heavy atom. The first-order chi connectivity index (χ1) is 9.22. The minimum absolute atomic E-state index is 0.0575. The Balaban J connectivity index is 1.96. The fraction of sp³-hybridized carbons (Fsp3) is 0.600. The molecule has 1 unspecified atom stereocenters. The van der Waals surface area contributed by atoms with Crippen molar-refractivity contribution in [2.75, 3.05) is 14.2 Å². The van der Waals surface area contributed by atoms with Gasteiger partial charge in [0.25, 0.3) is 0 Å². The Morgan fingerprint density at radius 1 is 1.47 bits per heavy atom. The minimum Gasteiger partial charge on any atom is -0.469 e. The van der Waals surface area contributed by atoms with Crippen LogP contribution in [-0.4, -0.2) is 42.1 Å². The van der Waals surface area contributed by atoms with Gasteiger partial charge in [-0.25, -0.2) is 0 Å². The smallest absolute Gasteiger partial charge is 0.310 e. The summed E-state index contributed by atoms with van der Waals surface area (Å²) in [4.78, 5) is 18.8. The maximum absolute atomic E-state index is 12.2. The predicted octanol–water partition coefficient (Wildman–Crippen LogP) is 1.82. The summed E-state index contributed by atoms with van der Waals surface area (Å²) in [6.45, 7) is 0. The van der Waals surface area contributed by atoms with E-state index in [4.69, 9.17) is 4.74 Å². The highest BCUT2D eigenvalue weighted by atomic mass is 16.5. The molecule has 1 aromatic heterocycles. The molecule has 3 rings (SSSR count). The lowest BCUT2D eigenvalue weighted by Crippen LogP contribution is -2.49. The van der Waals surface area contributed by atoms with E-state index >= 15 is 0 Å². The van der Waals surface area contributed by atoms with Crippen LogP contribution in [0, 0.1) is 5.92 Å². The van der Waals surface area contributed by atoms with Crippen molar-refractivity contribution in [3.8, 4) is 0 Å². The number of nitrogens with zero attached hydrogens (tertiary/aromatic N) is 2. The molecule has 4 atom stereocenters. The molecule has 4 nitrogen and oxygen atoms in total. The van der Waals surface area contributed by atoms with Crippen molar-refractivity contribution in [2.45, 2.75) is 37.3 Å². The van der Waals surface area contributed by atoms with Gasteiger partial charge in [-0.1, -0.05) is 6.07 Å². The van der Waals surface area contributed by atoms with Crippen LogP contribution in [0.25, 0.3) is 0 Å². The van der Waals surface area contributed by atoms with Crippen LogP contribution in [0.5, 0.6) is 0 Å². The van der Waals surface area contributed by atoms with Gasteiger partial charge in [-0.2, -0.15) is 0 Å². The van der Waals surface area contributed by atoms with E-state index in [1.54, 1.807) is 6.20 Å². The molecule has 3 heterocycles. The second-order valence-corrected chi connectivity index (χ2v) is 5.64. The molecule has 2 fully saturated rings. The highest BCUT2D eigenvalue weighted by molar-refractivity contribution is 5.75. The van der Waals surface area contributed by atoms with Crippen molar-refractivity contribution in [1.29, 1.82) is 0 Å². The Labute approximate surface area is 113 Å². The van der Waals surface area contributed by atoms with Gasteiger partial charge in [0.1, 0.15) is 0 Å². The third kappa shape index (κ3) is 2.04.